The fraction of sp³-hybridized carbons (Fsp3) is 0.200. The first kappa shape index (κ1) is 13.7. The Morgan fingerprint density at radius 2 is 1.55 bits per heavy atom. The fourth-order valence-corrected chi connectivity index (χ4v) is 3.78. The van der Waals surface area contributed by atoms with Crippen LogP contribution in [0.5, 0.6) is 0 Å². The minimum atomic E-state index is 0.789. The molecule has 0 radical (unpaired) electrons. The van der Waals surface area contributed by atoms with Gasteiger partial charge in [-0.15, -0.1) is 0 Å². The van der Waals surface area contributed by atoms with Crippen molar-refractivity contribution in [3.8, 4) is 22.3 Å². The van der Waals surface area contributed by atoms with Gasteiger partial charge in [0.05, 0.1) is 0 Å². The zero-order chi connectivity index (χ0) is 15.1. The van der Waals surface area contributed by atoms with Gasteiger partial charge in [-0.2, -0.15) is 0 Å². The fourth-order valence-electron chi connectivity index (χ4n) is 3.65. The SMILES string of the molecule is Cc1c(-c2ccccc2)c(-c2ccc(Cl)cc2)c2n1CCC2. The van der Waals surface area contributed by atoms with Gasteiger partial charge in [-0.05, 0) is 43.0 Å². The van der Waals surface area contributed by atoms with Gasteiger partial charge in [0.1, 0.15) is 0 Å². The lowest BCUT2D eigenvalue weighted by molar-refractivity contribution is 0.730. The van der Waals surface area contributed by atoms with Gasteiger partial charge in [0.2, 0.25) is 0 Å². The van der Waals surface area contributed by atoms with Crippen LogP contribution in [0.25, 0.3) is 22.3 Å². The third kappa shape index (κ3) is 2.08. The van der Waals surface area contributed by atoms with E-state index in [0.717, 1.165) is 18.0 Å². The van der Waals surface area contributed by atoms with Crippen molar-refractivity contribution in [2.24, 2.45) is 0 Å². The third-order valence-corrected chi connectivity index (χ3v) is 4.87. The molecule has 1 aromatic heterocycles. The second-order valence-corrected chi connectivity index (χ2v) is 6.35. The first-order valence-electron chi connectivity index (χ1n) is 7.79. The number of hydrogen-bond donors (Lipinski definition) is 0. The summed E-state index contributed by atoms with van der Waals surface area (Å²) in [6, 6.07) is 19.0. The van der Waals surface area contributed by atoms with Crippen LogP contribution in [0.15, 0.2) is 54.6 Å². The van der Waals surface area contributed by atoms with Crippen molar-refractivity contribution < 1.29 is 0 Å². The summed E-state index contributed by atoms with van der Waals surface area (Å²) in [5.74, 6) is 0. The predicted octanol–water partition coefficient (Wildman–Crippen LogP) is 5.73. The summed E-state index contributed by atoms with van der Waals surface area (Å²) in [4.78, 5) is 0. The molecule has 2 heterocycles. The highest BCUT2D eigenvalue weighted by Gasteiger charge is 2.25. The minimum absolute atomic E-state index is 0.789. The Labute approximate surface area is 136 Å². The summed E-state index contributed by atoms with van der Waals surface area (Å²) in [6.07, 6.45) is 2.40. The van der Waals surface area contributed by atoms with Crippen molar-refractivity contribution >= 4 is 11.6 Å². The van der Waals surface area contributed by atoms with Crippen LogP contribution >= 0.6 is 11.6 Å². The van der Waals surface area contributed by atoms with Crippen molar-refractivity contribution in [3.05, 3.63) is 71.0 Å². The van der Waals surface area contributed by atoms with E-state index in [0.29, 0.717) is 0 Å². The number of nitrogens with zero attached hydrogens (tertiary/aromatic N) is 1. The molecule has 2 aromatic carbocycles. The standard InChI is InChI=1S/C20H18ClN/c1-14-19(15-6-3-2-4-7-15)20(18-8-5-13-22(14)18)16-9-11-17(21)12-10-16/h2-4,6-7,9-12H,5,8,13H2,1H3. The maximum atomic E-state index is 6.07. The van der Waals surface area contributed by atoms with Crippen LogP contribution in [0.2, 0.25) is 5.02 Å². The van der Waals surface area contributed by atoms with Gasteiger partial charge in [-0.25, -0.2) is 0 Å². The Kier molecular flexibility index (Phi) is 3.31. The van der Waals surface area contributed by atoms with Crippen LogP contribution < -0.4 is 0 Å². The lowest BCUT2D eigenvalue weighted by Gasteiger charge is -2.09. The highest BCUT2D eigenvalue weighted by atomic mass is 35.5. The molecule has 22 heavy (non-hydrogen) atoms. The molecule has 0 saturated carbocycles. The molecule has 0 amide bonds. The maximum absolute atomic E-state index is 6.07. The quantitative estimate of drug-likeness (QED) is 0.570. The molecule has 0 spiro atoms. The van der Waals surface area contributed by atoms with Gasteiger partial charge >= 0.3 is 0 Å². The van der Waals surface area contributed by atoms with Crippen LogP contribution in [0.3, 0.4) is 0 Å². The summed E-state index contributed by atoms with van der Waals surface area (Å²) < 4.78 is 2.49. The highest BCUT2D eigenvalue weighted by molar-refractivity contribution is 6.30. The maximum Gasteiger partial charge on any atom is 0.0406 e. The van der Waals surface area contributed by atoms with Gasteiger partial charge in [0.25, 0.3) is 0 Å². The molecule has 0 bridgehead atoms. The zero-order valence-electron chi connectivity index (χ0n) is 12.6. The Morgan fingerprint density at radius 1 is 0.864 bits per heavy atom. The number of aromatic nitrogens is 1. The number of hydrogen-bond acceptors (Lipinski definition) is 0. The van der Waals surface area contributed by atoms with E-state index in [1.54, 1.807) is 0 Å². The molecular weight excluding hydrogens is 290 g/mol. The van der Waals surface area contributed by atoms with Crippen molar-refractivity contribution in [2.45, 2.75) is 26.3 Å². The number of benzene rings is 2. The summed E-state index contributed by atoms with van der Waals surface area (Å²) in [5, 5.41) is 0.789. The molecule has 1 aliphatic heterocycles. The van der Waals surface area contributed by atoms with E-state index in [1.807, 2.05) is 12.1 Å². The van der Waals surface area contributed by atoms with E-state index >= 15 is 0 Å². The smallest absolute Gasteiger partial charge is 0.0406 e. The summed E-state index contributed by atoms with van der Waals surface area (Å²) in [6.45, 7) is 3.38. The van der Waals surface area contributed by atoms with E-state index < -0.39 is 0 Å². The molecule has 1 nitrogen and oxygen atoms in total. The summed E-state index contributed by atoms with van der Waals surface area (Å²) in [5.41, 5.74) is 8.17. The van der Waals surface area contributed by atoms with Crippen LogP contribution in [-0.4, -0.2) is 4.57 Å². The minimum Gasteiger partial charge on any atom is -0.348 e. The van der Waals surface area contributed by atoms with E-state index in [1.165, 1.54) is 40.1 Å². The average molecular weight is 308 g/mol. The number of rotatable bonds is 2. The van der Waals surface area contributed by atoms with Gasteiger partial charge in [0, 0.05) is 34.1 Å². The van der Waals surface area contributed by atoms with E-state index in [9.17, 15) is 0 Å². The lowest BCUT2D eigenvalue weighted by atomic mass is 9.94. The Balaban J connectivity index is 2.00. The second kappa shape index (κ2) is 5.33. The van der Waals surface area contributed by atoms with E-state index in [-0.39, 0.29) is 0 Å². The van der Waals surface area contributed by atoms with Crippen molar-refractivity contribution in [3.63, 3.8) is 0 Å². The van der Waals surface area contributed by atoms with Gasteiger partial charge < -0.3 is 4.57 Å². The molecule has 0 fully saturated rings. The Morgan fingerprint density at radius 3 is 2.27 bits per heavy atom. The first-order chi connectivity index (χ1) is 10.8. The van der Waals surface area contributed by atoms with E-state index in [4.69, 9.17) is 11.6 Å². The first-order valence-corrected chi connectivity index (χ1v) is 8.17. The number of fused-ring (bicyclic) bond motifs is 1. The van der Waals surface area contributed by atoms with Crippen molar-refractivity contribution in [1.29, 1.82) is 0 Å². The molecule has 2 heteroatoms. The monoisotopic (exact) mass is 307 g/mol. The molecule has 3 aromatic rings. The molecule has 0 atom stereocenters. The number of halogens is 1. The third-order valence-electron chi connectivity index (χ3n) is 4.62. The molecule has 0 N–H and O–H groups in total. The zero-order valence-corrected chi connectivity index (χ0v) is 13.4. The van der Waals surface area contributed by atoms with Crippen LogP contribution in [0, 0.1) is 6.92 Å². The molecule has 0 saturated heterocycles. The lowest BCUT2D eigenvalue weighted by Crippen LogP contribution is -1.94. The average Bonchev–Trinajstić information content (AvgIpc) is 3.12. The largest absolute Gasteiger partial charge is 0.348 e. The van der Waals surface area contributed by atoms with Gasteiger partial charge in [-0.3, -0.25) is 0 Å². The van der Waals surface area contributed by atoms with Crippen molar-refractivity contribution in [2.75, 3.05) is 0 Å². The molecule has 4 rings (SSSR count). The normalized spacial score (nSPS) is 13.4. The summed E-state index contributed by atoms with van der Waals surface area (Å²) in [7, 11) is 0. The van der Waals surface area contributed by atoms with Crippen LogP contribution in [-0.2, 0) is 13.0 Å². The Bertz CT molecular complexity index is 813. The predicted molar refractivity (Wildman–Crippen MR) is 93.4 cm³/mol. The van der Waals surface area contributed by atoms with Gasteiger partial charge in [-0.1, -0.05) is 54.1 Å². The molecule has 0 unspecified atom stereocenters. The molecular formula is C20H18ClN. The topological polar surface area (TPSA) is 4.93 Å². The second-order valence-electron chi connectivity index (χ2n) is 5.91. The summed E-state index contributed by atoms with van der Waals surface area (Å²) >= 11 is 6.07. The van der Waals surface area contributed by atoms with Crippen LogP contribution in [0.1, 0.15) is 17.8 Å². The molecule has 110 valence electrons. The highest BCUT2D eigenvalue weighted by Crippen LogP contribution is 2.42. The molecule has 0 aliphatic carbocycles. The Hall–Kier alpha value is -1.99. The van der Waals surface area contributed by atoms with E-state index in [2.05, 4.69) is 54.0 Å². The van der Waals surface area contributed by atoms with Gasteiger partial charge in [0.15, 0.2) is 0 Å². The van der Waals surface area contributed by atoms with Crippen LogP contribution in [0.4, 0.5) is 0 Å². The molecule has 1 aliphatic rings. The van der Waals surface area contributed by atoms with Crippen molar-refractivity contribution in [1.82, 2.24) is 4.57 Å².